The van der Waals surface area contributed by atoms with Crippen molar-refractivity contribution >= 4 is 11.3 Å². The van der Waals surface area contributed by atoms with Gasteiger partial charge >= 0.3 is 11.3 Å². The minimum absolute atomic E-state index is 0.221. The van der Waals surface area contributed by atoms with Crippen molar-refractivity contribution in [2.24, 2.45) is 0 Å². The first-order valence-electron chi connectivity index (χ1n) is 5.86. The molecule has 0 saturated heterocycles. The van der Waals surface area contributed by atoms with Crippen LogP contribution in [0.3, 0.4) is 0 Å². The van der Waals surface area contributed by atoms with E-state index in [4.69, 9.17) is 4.18 Å². The van der Waals surface area contributed by atoms with Crippen molar-refractivity contribution in [3.8, 4) is 0 Å². The molecule has 1 aliphatic heterocycles. The van der Waals surface area contributed by atoms with Gasteiger partial charge in [0.25, 0.3) is 0 Å². The molecule has 0 spiro atoms. The summed E-state index contributed by atoms with van der Waals surface area (Å²) in [6.07, 6.45) is 1.76. The van der Waals surface area contributed by atoms with E-state index in [0.717, 1.165) is 5.56 Å². The zero-order chi connectivity index (χ0) is 13.2. The average Bonchev–Trinajstić information content (AvgIpc) is 2.69. The molecule has 1 atom stereocenters. The number of nitrogens with zero attached hydrogens (tertiary/aromatic N) is 1. The van der Waals surface area contributed by atoms with Crippen molar-refractivity contribution in [3.63, 3.8) is 0 Å². The average molecular weight is 266 g/mol. The molecule has 1 heterocycles. The molecule has 98 valence electrons. The highest BCUT2D eigenvalue weighted by Crippen LogP contribution is 2.24. The van der Waals surface area contributed by atoms with E-state index in [9.17, 15) is 4.21 Å². The fourth-order valence-corrected chi connectivity index (χ4v) is 2.53. The van der Waals surface area contributed by atoms with Crippen LogP contribution in [0.25, 0.3) is 0 Å². The zero-order valence-corrected chi connectivity index (χ0v) is 11.7. The lowest BCUT2D eigenvalue weighted by Gasteiger charge is -2.27. The summed E-state index contributed by atoms with van der Waals surface area (Å²) >= 11 is -1.44. The molecule has 1 unspecified atom stereocenters. The predicted octanol–water partition coefficient (Wildman–Crippen LogP) is 2.28. The number of hydrogen-bond donors (Lipinski definition) is 1. The van der Waals surface area contributed by atoms with Crippen LogP contribution in [-0.4, -0.2) is 14.1 Å². The van der Waals surface area contributed by atoms with Crippen molar-refractivity contribution < 1.29 is 8.39 Å². The summed E-state index contributed by atoms with van der Waals surface area (Å²) in [6, 6.07) is 10.0. The second-order valence-corrected chi connectivity index (χ2v) is 6.12. The van der Waals surface area contributed by atoms with Crippen LogP contribution in [0.1, 0.15) is 26.3 Å². The smallest absolute Gasteiger partial charge is 0.320 e. The molecular weight excluding hydrogens is 248 g/mol. The third-order valence-electron chi connectivity index (χ3n) is 2.53. The fraction of sp³-hybridized carbons (Fsp3) is 0.385. The van der Waals surface area contributed by atoms with Crippen molar-refractivity contribution in [2.75, 3.05) is 0 Å². The van der Waals surface area contributed by atoms with Crippen LogP contribution in [0.5, 0.6) is 0 Å². The molecule has 1 aliphatic rings. The van der Waals surface area contributed by atoms with E-state index >= 15 is 0 Å². The fourth-order valence-electron chi connectivity index (χ4n) is 1.57. The first-order valence-corrected chi connectivity index (χ1v) is 6.89. The SMILES string of the molecule is CC(C)(C)N1C=C(NCc2ccccc2)OS1=O. The highest BCUT2D eigenvalue weighted by atomic mass is 32.2. The predicted molar refractivity (Wildman–Crippen MR) is 72.2 cm³/mol. The summed E-state index contributed by atoms with van der Waals surface area (Å²) in [5, 5.41) is 3.13. The first-order chi connectivity index (χ1) is 8.47. The van der Waals surface area contributed by atoms with Gasteiger partial charge in [-0.1, -0.05) is 30.3 Å². The van der Waals surface area contributed by atoms with Gasteiger partial charge in [-0.15, -0.1) is 0 Å². The molecule has 0 amide bonds. The quantitative estimate of drug-likeness (QED) is 0.912. The zero-order valence-electron chi connectivity index (χ0n) is 10.8. The Kier molecular flexibility index (Phi) is 3.61. The van der Waals surface area contributed by atoms with Crippen LogP contribution < -0.4 is 5.32 Å². The van der Waals surface area contributed by atoms with Crippen LogP contribution >= 0.6 is 0 Å². The van der Waals surface area contributed by atoms with Gasteiger partial charge in [0, 0.05) is 12.1 Å². The topological polar surface area (TPSA) is 41.6 Å². The minimum Gasteiger partial charge on any atom is -0.365 e. The highest BCUT2D eigenvalue weighted by molar-refractivity contribution is 7.78. The van der Waals surface area contributed by atoms with Gasteiger partial charge < -0.3 is 9.50 Å². The number of benzene rings is 1. The Morgan fingerprint density at radius 3 is 2.50 bits per heavy atom. The molecule has 18 heavy (non-hydrogen) atoms. The highest BCUT2D eigenvalue weighted by Gasteiger charge is 2.31. The van der Waals surface area contributed by atoms with Crippen LogP contribution in [0.15, 0.2) is 42.4 Å². The van der Waals surface area contributed by atoms with Crippen molar-refractivity contribution in [1.29, 1.82) is 0 Å². The molecule has 2 rings (SSSR count). The molecule has 0 fully saturated rings. The maximum absolute atomic E-state index is 11.8. The Morgan fingerprint density at radius 1 is 1.28 bits per heavy atom. The lowest BCUT2D eigenvalue weighted by molar-refractivity contribution is 0.328. The largest absolute Gasteiger partial charge is 0.365 e. The van der Waals surface area contributed by atoms with Gasteiger partial charge in [-0.05, 0) is 26.3 Å². The lowest BCUT2D eigenvalue weighted by atomic mass is 10.1. The maximum Gasteiger partial charge on any atom is 0.320 e. The third-order valence-corrected chi connectivity index (χ3v) is 3.82. The van der Waals surface area contributed by atoms with Gasteiger partial charge in [0.2, 0.25) is 5.88 Å². The third kappa shape index (κ3) is 3.04. The Morgan fingerprint density at radius 2 is 1.94 bits per heavy atom. The molecule has 0 aromatic heterocycles. The summed E-state index contributed by atoms with van der Waals surface area (Å²) in [5.41, 5.74) is 0.933. The molecule has 4 nitrogen and oxygen atoms in total. The van der Waals surface area contributed by atoms with E-state index in [1.807, 2.05) is 51.1 Å². The molecule has 1 aromatic carbocycles. The van der Waals surface area contributed by atoms with Crippen LogP contribution in [0.2, 0.25) is 0 Å². The second-order valence-electron chi connectivity index (χ2n) is 5.13. The van der Waals surface area contributed by atoms with E-state index in [1.165, 1.54) is 0 Å². The summed E-state index contributed by atoms with van der Waals surface area (Å²) in [5.74, 6) is 0.548. The summed E-state index contributed by atoms with van der Waals surface area (Å²) in [4.78, 5) is 0. The molecule has 0 radical (unpaired) electrons. The Balaban J connectivity index is 1.98. The van der Waals surface area contributed by atoms with E-state index in [2.05, 4.69) is 5.32 Å². The molecule has 0 saturated carbocycles. The van der Waals surface area contributed by atoms with Crippen molar-refractivity contribution in [1.82, 2.24) is 9.62 Å². The van der Waals surface area contributed by atoms with Gasteiger partial charge in [0.15, 0.2) is 0 Å². The molecule has 1 aromatic rings. The maximum atomic E-state index is 11.8. The van der Waals surface area contributed by atoms with Crippen LogP contribution in [-0.2, 0) is 22.0 Å². The van der Waals surface area contributed by atoms with Crippen molar-refractivity contribution in [3.05, 3.63) is 48.0 Å². The Bertz CT molecular complexity index is 466. The van der Waals surface area contributed by atoms with Gasteiger partial charge in [0.05, 0.1) is 6.20 Å². The van der Waals surface area contributed by atoms with Crippen molar-refractivity contribution in [2.45, 2.75) is 32.9 Å². The minimum atomic E-state index is -1.44. The van der Waals surface area contributed by atoms with E-state index < -0.39 is 11.3 Å². The van der Waals surface area contributed by atoms with Gasteiger partial charge in [-0.3, -0.25) is 4.31 Å². The summed E-state index contributed by atoms with van der Waals surface area (Å²) < 4.78 is 18.7. The van der Waals surface area contributed by atoms with E-state index in [1.54, 1.807) is 10.5 Å². The number of rotatable bonds is 3. The molecule has 5 heteroatoms. The normalized spacial score (nSPS) is 19.4. The monoisotopic (exact) mass is 266 g/mol. The Hall–Kier alpha value is -1.49. The molecular formula is C13H18N2O2S. The van der Waals surface area contributed by atoms with Gasteiger partial charge in [-0.25, -0.2) is 0 Å². The molecule has 0 bridgehead atoms. The number of hydrogen-bond acceptors (Lipinski definition) is 3. The first kappa shape index (κ1) is 13.0. The lowest BCUT2D eigenvalue weighted by Crippen LogP contribution is -2.36. The summed E-state index contributed by atoms with van der Waals surface area (Å²) in [6.45, 7) is 6.63. The summed E-state index contributed by atoms with van der Waals surface area (Å²) in [7, 11) is 0. The second kappa shape index (κ2) is 5.02. The molecule has 1 N–H and O–H groups in total. The van der Waals surface area contributed by atoms with Gasteiger partial charge in [0.1, 0.15) is 0 Å². The Labute approximate surface area is 110 Å². The van der Waals surface area contributed by atoms with Gasteiger partial charge in [-0.2, -0.15) is 4.21 Å². The number of nitrogens with one attached hydrogen (secondary N) is 1. The van der Waals surface area contributed by atoms with Crippen LogP contribution in [0.4, 0.5) is 0 Å². The van der Waals surface area contributed by atoms with E-state index in [0.29, 0.717) is 12.4 Å². The van der Waals surface area contributed by atoms with E-state index in [-0.39, 0.29) is 5.54 Å². The molecule has 0 aliphatic carbocycles. The van der Waals surface area contributed by atoms with Crippen LogP contribution in [0, 0.1) is 0 Å². The standard InChI is InChI=1S/C13H18N2O2S/c1-13(2,3)15-10-12(17-18(15)16)14-9-11-7-5-4-6-8-11/h4-8,10,14H,9H2,1-3H3.